The van der Waals surface area contributed by atoms with Gasteiger partial charge in [-0.3, -0.25) is 0 Å². The molecule has 1 aliphatic rings. The molecular formula is C24H30ClFN2O3. The third-order valence-electron chi connectivity index (χ3n) is 5.95. The number of hydrogen-bond donors (Lipinski definition) is 0. The largest absolute Gasteiger partial charge is 0.496 e. The van der Waals surface area contributed by atoms with Crippen LogP contribution in [0, 0.1) is 5.82 Å². The molecule has 0 unspecified atom stereocenters. The monoisotopic (exact) mass is 448 g/mol. The van der Waals surface area contributed by atoms with E-state index in [0.29, 0.717) is 18.0 Å². The molecule has 168 valence electrons. The number of piperidine rings is 1. The summed E-state index contributed by atoms with van der Waals surface area (Å²) in [5, 5.41) is 4.97. The Morgan fingerprint density at radius 3 is 2.71 bits per heavy atom. The minimum Gasteiger partial charge on any atom is -0.496 e. The van der Waals surface area contributed by atoms with E-state index in [4.69, 9.17) is 14.0 Å². The average Bonchev–Trinajstić information content (AvgIpc) is 3.20. The first-order valence-corrected chi connectivity index (χ1v) is 10.7. The summed E-state index contributed by atoms with van der Waals surface area (Å²) in [7, 11) is 1.70. The number of aromatic nitrogens is 1. The maximum absolute atomic E-state index is 13.4. The van der Waals surface area contributed by atoms with Crippen LogP contribution < -0.4 is 9.47 Å². The number of rotatable bonds is 8. The number of nitrogens with zero attached hydrogens (tertiary/aromatic N) is 2. The van der Waals surface area contributed by atoms with Gasteiger partial charge < -0.3 is 18.9 Å². The van der Waals surface area contributed by atoms with Crippen LogP contribution >= 0.6 is 12.4 Å². The lowest BCUT2D eigenvalue weighted by Gasteiger charge is -2.30. The number of fused-ring (bicyclic) bond motifs is 1. The normalized spacial score (nSPS) is 15.1. The highest BCUT2D eigenvalue weighted by molar-refractivity contribution is 5.85. The third kappa shape index (κ3) is 5.49. The van der Waals surface area contributed by atoms with Crippen molar-refractivity contribution < 1.29 is 18.4 Å². The van der Waals surface area contributed by atoms with Crippen LogP contribution in [-0.2, 0) is 6.42 Å². The van der Waals surface area contributed by atoms with E-state index in [-0.39, 0.29) is 18.2 Å². The van der Waals surface area contributed by atoms with Crippen LogP contribution in [-0.4, -0.2) is 43.4 Å². The zero-order chi connectivity index (χ0) is 20.9. The molecule has 31 heavy (non-hydrogen) atoms. The fourth-order valence-electron chi connectivity index (χ4n) is 4.23. The number of ether oxygens (including phenoxy) is 2. The van der Waals surface area contributed by atoms with Gasteiger partial charge in [0, 0.05) is 30.0 Å². The molecule has 0 radical (unpaired) electrons. The van der Waals surface area contributed by atoms with Gasteiger partial charge in [0.05, 0.1) is 13.7 Å². The molecule has 7 heteroatoms. The van der Waals surface area contributed by atoms with Crippen molar-refractivity contribution in [2.45, 2.75) is 38.5 Å². The van der Waals surface area contributed by atoms with Crippen LogP contribution in [0.1, 0.15) is 43.4 Å². The number of likely N-dealkylation sites (tertiary alicyclic amines) is 1. The molecule has 1 aliphatic heterocycles. The van der Waals surface area contributed by atoms with Gasteiger partial charge in [0.2, 0.25) is 0 Å². The summed E-state index contributed by atoms with van der Waals surface area (Å²) < 4.78 is 30.3. The van der Waals surface area contributed by atoms with Gasteiger partial charge in [-0.2, -0.15) is 0 Å². The molecule has 0 N–H and O–H groups in total. The summed E-state index contributed by atoms with van der Waals surface area (Å²) >= 11 is 0. The maximum Gasteiger partial charge on any atom is 0.147 e. The molecule has 0 saturated carbocycles. The smallest absolute Gasteiger partial charge is 0.147 e. The van der Waals surface area contributed by atoms with Crippen molar-refractivity contribution >= 4 is 23.3 Å². The summed E-state index contributed by atoms with van der Waals surface area (Å²) in [6.45, 7) is 5.86. The van der Waals surface area contributed by atoms with E-state index in [2.05, 4.69) is 23.0 Å². The highest BCUT2D eigenvalue weighted by Gasteiger charge is 2.25. The molecule has 0 spiro atoms. The molecule has 0 bridgehead atoms. The van der Waals surface area contributed by atoms with Crippen LogP contribution in [0.4, 0.5) is 4.39 Å². The van der Waals surface area contributed by atoms with Gasteiger partial charge >= 0.3 is 0 Å². The van der Waals surface area contributed by atoms with E-state index in [1.54, 1.807) is 13.2 Å². The minimum atomic E-state index is -0.279. The molecule has 2 aromatic carbocycles. The van der Waals surface area contributed by atoms with E-state index in [9.17, 15) is 4.39 Å². The molecule has 1 saturated heterocycles. The van der Waals surface area contributed by atoms with Crippen LogP contribution in [0.5, 0.6) is 11.5 Å². The highest BCUT2D eigenvalue weighted by Crippen LogP contribution is 2.33. The van der Waals surface area contributed by atoms with Crippen molar-refractivity contribution in [2.75, 3.05) is 33.4 Å². The predicted octanol–water partition coefficient (Wildman–Crippen LogP) is 5.61. The lowest BCUT2D eigenvalue weighted by Crippen LogP contribution is -2.34. The molecule has 1 aromatic heterocycles. The Morgan fingerprint density at radius 1 is 1.16 bits per heavy atom. The van der Waals surface area contributed by atoms with Gasteiger partial charge in [-0.1, -0.05) is 18.1 Å². The maximum atomic E-state index is 13.4. The van der Waals surface area contributed by atoms with E-state index in [0.717, 1.165) is 68.0 Å². The molecule has 0 amide bonds. The number of hydrogen-bond acceptors (Lipinski definition) is 5. The fourth-order valence-corrected chi connectivity index (χ4v) is 4.23. The van der Waals surface area contributed by atoms with E-state index >= 15 is 0 Å². The molecule has 2 heterocycles. The van der Waals surface area contributed by atoms with Gasteiger partial charge in [0.15, 0.2) is 0 Å². The predicted molar refractivity (Wildman–Crippen MR) is 122 cm³/mol. The van der Waals surface area contributed by atoms with Crippen molar-refractivity contribution in [1.29, 1.82) is 0 Å². The molecule has 1 fully saturated rings. The number of aryl methyl sites for hydroxylation is 1. The third-order valence-corrected chi connectivity index (χ3v) is 5.95. The SMILES string of the molecule is CCc1ccc(OCCCN2CCC(c3onc4cc(F)ccc34)CC2)cc1OC.Cl. The summed E-state index contributed by atoms with van der Waals surface area (Å²) in [6.07, 6.45) is 3.98. The lowest BCUT2D eigenvalue weighted by atomic mass is 9.92. The molecule has 4 rings (SSSR count). The molecule has 0 atom stereocenters. The Balaban J connectivity index is 0.00000272. The van der Waals surface area contributed by atoms with Crippen LogP contribution in [0.2, 0.25) is 0 Å². The lowest BCUT2D eigenvalue weighted by molar-refractivity contribution is 0.182. The summed E-state index contributed by atoms with van der Waals surface area (Å²) in [5.74, 6) is 2.71. The Bertz CT molecular complexity index is 986. The van der Waals surface area contributed by atoms with Crippen molar-refractivity contribution in [3.05, 3.63) is 53.5 Å². The minimum absolute atomic E-state index is 0. The first-order valence-electron chi connectivity index (χ1n) is 10.7. The van der Waals surface area contributed by atoms with Gasteiger partial charge in [-0.05, 0) is 62.5 Å². The second-order valence-corrected chi connectivity index (χ2v) is 7.85. The van der Waals surface area contributed by atoms with Crippen LogP contribution in [0.3, 0.4) is 0 Å². The molecule has 0 aliphatic carbocycles. The second kappa shape index (κ2) is 10.8. The number of benzene rings is 2. The van der Waals surface area contributed by atoms with Gasteiger partial charge in [-0.25, -0.2) is 4.39 Å². The Morgan fingerprint density at radius 2 is 1.97 bits per heavy atom. The van der Waals surface area contributed by atoms with E-state index < -0.39 is 0 Å². The van der Waals surface area contributed by atoms with Gasteiger partial charge in [0.25, 0.3) is 0 Å². The van der Waals surface area contributed by atoms with E-state index in [1.807, 2.05) is 12.1 Å². The number of methoxy groups -OCH3 is 1. The quantitative estimate of drug-likeness (QED) is 0.419. The van der Waals surface area contributed by atoms with Crippen molar-refractivity contribution in [3.63, 3.8) is 0 Å². The van der Waals surface area contributed by atoms with Crippen molar-refractivity contribution in [3.8, 4) is 11.5 Å². The summed E-state index contributed by atoms with van der Waals surface area (Å²) in [5.41, 5.74) is 1.80. The Hall–Kier alpha value is -2.31. The van der Waals surface area contributed by atoms with Crippen LogP contribution in [0.25, 0.3) is 10.9 Å². The molecular weight excluding hydrogens is 419 g/mol. The number of halogens is 2. The Kier molecular flexibility index (Phi) is 8.15. The van der Waals surface area contributed by atoms with Gasteiger partial charge in [-0.15, -0.1) is 12.4 Å². The zero-order valence-corrected chi connectivity index (χ0v) is 18.9. The highest BCUT2D eigenvalue weighted by atomic mass is 35.5. The van der Waals surface area contributed by atoms with Crippen molar-refractivity contribution in [1.82, 2.24) is 10.1 Å². The summed E-state index contributed by atoms with van der Waals surface area (Å²) in [6, 6.07) is 10.7. The average molecular weight is 449 g/mol. The van der Waals surface area contributed by atoms with Crippen LogP contribution in [0.15, 0.2) is 40.9 Å². The van der Waals surface area contributed by atoms with E-state index in [1.165, 1.54) is 17.7 Å². The standard InChI is InChI=1S/C24H29FN2O3.ClH/c1-3-17-5-7-20(16-23(17)28-2)29-14-4-11-27-12-9-18(10-13-27)24-21-8-6-19(25)15-22(21)26-30-24;/h5-8,15-16,18H,3-4,9-14H2,1-2H3;1H. The van der Waals surface area contributed by atoms with Crippen molar-refractivity contribution in [2.24, 2.45) is 0 Å². The fraction of sp³-hybridized carbons (Fsp3) is 0.458. The topological polar surface area (TPSA) is 47.7 Å². The van der Waals surface area contributed by atoms with Gasteiger partial charge in [0.1, 0.15) is 28.6 Å². The zero-order valence-electron chi connectivity index (χ0n) is 18.1. The first-order chi connectivity index (χ1) is 14.7. The Labute approximate surface area is 188 Å². The first kappa shape index (κ1) is 23.4. The molecule has 3 aromatic rings. The summed E-state index contributed by atoms with van der Waals surface area (Å²) in [4.78, 5) is 2.47. The second-order valence-electron chi connectivity index (χ2n) is 7.85. The molecule has 5 nitrogen and oxygen atoms in total.